The van der Waals surface area contributed by atoms with Crippen molar-refractivity contribution in [2.24, 2.45) is 0 Å². The Labute approximate surface area is 191 Å². The molecule has 6 rings (SSSR count). The highest BCUT2D eigenvalue weighted by atomic mass is 19.1. The van der Waals surface area contributed by atoms with Crippen LogP contribution in [0.2, 0.25) is 0 Å². The van der Waals surface area contributed by atoms with Crippen LogP contribution in [-0.4, -0.2) is 52.5 Å². The zero-order chi connectivity index (χ0) is 22.9. The summed E-state index contributed by atoms with van der Waals surface area (Å²) >= 11 is 0. The van der Waals surface area contributed by atoms with Crippen LogP contribution in [0.4, 0.5) is 10.1 Å². The van der Waals surface area contributed by atoms with Gasteiger partial charge in [0.05, 0.1) is 22.6 Å². The second kappa shape index (κ2) is 7.35. The summed E-state index contributed by atoms with van der Waals surface area (Å²) in [5, 5.41) is 1.24. The normalized spacial score (nSPS) is 16.3. The van der Waals surface area contributed by atoms with Gasteiger partial charge in [-0.1, -0.05) is 0 Å². The third-order valence-electron chi connectivity index (χ3n) is 6.76. The topological polar surface area (TPSA) is 53.7 Å². The molecule has 0 N–H and O–H groups in total. The smallest absolute Gasteiger partial charge is 0.192 e. The molecule has 4 aromatic rings. The summed E-state index contributed by atoms with van der Waals surface area (Å²) in [5.41, 5.74) is 5.57. The quantitative estimate of drug-likeness (QED) is 0.417. The highest BCUT2D eigenvalue weighted by Gasteiger charge is 2.28. The van der Waals surface area contributed by atoms with Crippen LogP contribution in [0.15, 0.2) is 35.4 Å². The molecule has 0 unspecified atom stereocenters. The zero-order valence-corrected chi connectivity index (χ0v) is 19.0. The standard InChI is InChI=1S/C26H25FN5O/c1-15-13-32-14-24(29-26(32)16(2)28-15)22-12-20-18(19-11-21(19)25(22)33)9-17(10-23(20)27)31-6-4-5-30(3)7-8-31/h9-14H,4-8H2,1-3H3. The van der Waals surface area contributed by atoms with E-state index in [1.165, 1.54) is 0 Å². The SMILES string of the molecule is Cc1cn2cc(-c3cc4c(F)cc(N5CCCN(C)CC5)cc4c4c(c3=O)[CH]4)nc2c(C)n1. The van der Waals surface area contributed by atoms with Crippen LogP contribution in [0.5, 0.6) is 0 Å². The van der Waals surface area contributed by atoms with Gasteiger partial charge in [0, 0.05) is 55.1 Å². The molecule has 0 atom stereocenters. The van der Waals surface area contributed by atoms with Crippen molar-refractivity contribution in [1.29, 1.82) is 0 Å². The van der Waals surface area contributed by atoms with Crippen molar-refractivity contribution in [2.45, 2.75) is 20.3 Å². The van der Waals surface area contributed by atoms with E-state index in [0.717, 1.165) is 60.6 Å². The highest BCUT2D eigenvalue weighted by Crippen LogP contribution is 2.39. The molecule has 1 aliphatic carbocycles. The number of hydrogen-bond donors (Lipinski definition) is 0. The largest absolute Gasteiger partial charge is 0.370 e. The van der Waals surface area contributed by atoms with E-state index in [0.29, 0.717) is 27.9 Å². The molecule has 0 spiro atoms. The number of likely N-dealkylation sites (N-methyl/N-ethyl adjacent to an activating group) is 1. The lowest BCUT2D eigenvalue weighted by atomic mass is 10.1. The number of hydrogen-bond acceptors (Lipinski definition) is 5. The number of rotatable bonds is 2. The summed E-state index contributed by atoms with van der Waals surface area (Å²) in [7, 11) is 2.12. The van der Waals surface area contributed by atoms with E-state index >= 15 is 4.39 Å². The highest BCUT2D eigenvalue weighted by molar-refractivity contribution is 5.97. The first-order chi connectivity index (χ1) is 15.9. The number of aryl methyl sites for hydroxylation is 2. The van der Waals surface area contributed by atoms with Crippen LogP contribution >= 0.6 is 0 Å². The summed E-state index contributed by atoms with van der Waals surface area (Å²) in [6, 6.07) is 5.32. The number of benzene rings is 1. The molecule has 0 bridgehead atoms. The first-order valence-electron chi connectivity index (χ1n) is 11.4. The Morgan fingerprint density at radius 3 is 2.64 bits per heavy atom. The lowest BCUT2D eigenvalue weighted by molar-refractivity contribution is 0.360. The van der Waals surface area contributed by atoms with Crippen LogP contribution < -0.4 is 10.3 Å². The van der Waals surface area contributed by atoms with Gasteiger partial charge in [-0.2, -0.15) is 0 Å². The van der Waals surface area contributed by atoms with Crippen molar-refractivity contribution in [3.05, 3.63) is 75.6 Å². The van der Waals surface area contributed by atoms with E-state index in [1.807, 2.05) is 43.1 Å². The number of fused-ring (bicyclic) bond motifs is 4. The van der Waals surface area contributed by atoms with Gasteiger partial charge < -0.3 is 14.2 Å². The molecule has 0 amide bonds. The van der Waals surface area contributed by atoms with Crippen molar-refractivity contribution in [2.75, 3.05) is 38.1 Å². The summed E-state index contributed by atoms with van der Waals surface area (Å²) in [5.74, 6) is -0.308. The number of anilines is 1. The van der Waals surface area contributed by atoms with Crippen LogP contribution in [0, 0.1) is 26.1 Å². The van der Waals surface area contributed by atoms with Crippen molar-refractivity contribution in [3.8, 4) is 11.3 Å². The zero-order valence-electron chi connectivity index (χ0n) is 19.0. The van der Waals surface area contributed by atoms with E-state index in [1.54, 1.807) is 12.1 Å². The molecule has 1 radical (unpaired) electrons. The Balaban J connectivity index is 1.52. The monoisotopic (exact) mass is 442 g/mol. The molecule has 7 heteroatoms. The predicted molar refractivity (Wildman–Crippen MR) is 128 cm³/mol. The molecule has 1 saturated heterocycles. The summed E-state index contributed by atoms with van der Waals surface area (Å²) < 4.78 is 17.4. The summed E-state index contributed by atoms with van der Waals surface area (Å²) in [4.78, 5) is 27.0. The molecular weight excluding hydrogens is 417 g/mol. The van der Waals surface area contributed by atoms with Gasteiger partial charge in [-0.3, -0.25) is 9.78 Å². The maximum Gasteiger partial charge on any atom is 0.192 e. The third-order valence-corrected chi connectivity index (χ3v) is 6.76. The molecule has 2 aliphatic rings. The van der Waals surface area contributed by atoms with Gasteiger partial charge in [-0.25, -0.2) is 9.37 Å². The third kappa shape index (κ3) is 3.38. The molecule has 33 heavy (non-hydrogen) atoms. The first kappa shape index (κ1) is 20.3. The Hall–Kier alpha value is -3.32. The summed E-state index contributed by atoms with van der Waals surface area (Å²) in [6.07, 6.45) is 6.61. The van der Waals surface area contributed by atoms with Crippen LogP contribution in [0.25, 0.3) is 27.7 Å². The second-order valence-electron chi connectivity index (χ2n) is 9.22. The fourth-order valence-electron chi connectivity index (χ4n) is 4.96. The molecule has 3 heterocycles. The van der Waals surface area contributed by atoms with Gasteiger partial charge >= 0.3 is 0 Å². The van der Waals surface area contributed by atoms with Crippen molar-refractivity contribution >= 4 is 22.1 Å². The van der Waals surface area contributed by atoms with Gasteiger partial charge in [-0.05, 0) is 63.0 Å². The molecule has 167 valence electrons. The number of aromatic nitrogens is 3. The van der Waals surface area contributed by atoms with Crippen LogP contribution in [-0.2, 0) is 0 Å². The maximum atomic E-state index is 15.5. The van der Waals surface area contributed by atoms with Crippen molar-refractivity contribution < 1.29 is 4.39 Å². The van der Waals surface area contributed by atoms with E-state index in [4.69, 9.17) is 0 Å². The minimum atomic E-state index is -0.308. The fourth-order valence-corrected chi connectivity index (χ4v) is 4.96. The van der Waals surface area contributed by atoms with Gasteiger partial charge in [0.15, 0.2) is 11.1 Å². The predicted octanol–water partition coefficient (Wildman–Crippen LogP) is 3.72. The molecule has 2 aromatic carbocycles. The minimum absolute atomic E-state index is 0.107. The maximum absolute atomic E-state index is 15.5. The Kier molecular flexibility index (Phi) is 4.52. The Bertz CT molecular complexity index is 1510. The van der Waals surface area contributed by atoms with Gasteiger partial charge in [0.25, 0.3) is 0 Å². The second-order valence-corrected chi connectivity index (χ2v) is 9.22. The lowest BCUT2D eigenvalue weighted by Crippen LogP contribution is -2.28. The Morgan fingerprint density at radius 2 is 1.79 bits per heavy atom. The average molecular weight is 443 g/mol. The molecule has 6 nitrogen and oxygen atoms in total. The van der Waals surface area contributed by atoms with Gasteiger partial charge in [0.2, 0.25) is 0 Å². The number of nitrogens with zero attached hydrogens (tertiary/aromatic N) is 5. The van der Waals surface area contributed by atoms with Crippen LogP contribution in [0.3, 0.4) is 0 Å². The molecule has 1 fully saturated rings. The minimum Gasteiger partial charge on any atom is -0.370 e. The first-order valence-corrected chi connectivity index (χ1v) is 11.4. The van der Waals surface area contributed by atoms with Crippen molar-refractivity contribution in [1.82, 2.24) is 19.3 Å². The molecule has 1 aliphatic heterocycles. The van der Waals surface area contributed by atoms with Crippen molar-refractivity contribution in [3.63, 3.8) is 0 Å². The fraction of sp³-hybridized carbons (Fsp3) is 0.308. The van der Waals surface area contributed by atoms with E-state index in [-0.39, 0.29) is 11.2 Å². The van der Waals surface area contributed by atoms with Gasteiger partial charge in [-0.15, -0.1) is 0 Å². The number of halogens is 1. The average Bonchev–Trinajstić information content (AvgIpc) is 3.51. The van der Waals surface area contributed by atoms with E-state index in [2.05, 4.69) is 26.8 Å². The lowest BCUT2D eigenvalue weighted by Gasteiger charge is -2.23. The van der Waals surface area contributed by atoms with Crippen LogP contribution in [0.1, 0.15) is 28.9 Å². The molecular formula is C26H25FN5O. The number of imidazole rings is 1. The summed E-state index contributed by atoms with van der Waals surface area (Å²) in [6.45, 7) is 7.56. The van der Waals surface area contributed by atoms with E-state index in [9.17, 15) is 4.79 Å². The van der Waals surface area contributed by atoms with E-state index < -0.39 is 0 Å². The Morgan fingerprint density at radius 1 is 0.939 bits per heavy atom. The van der Waals surface area contributed by atoms with Gasteiger partial charge in [0.1, 0.15) is 5.82 Å². The molecule has 0 saturated carbocycles. The molecule has 2 aromatic heterocycles.